The molecule has 1 aromatic heterocycles. The van der Waals surface area contributed by atoms with Crippen LogP contribution in [0.5, 0.6) is 0 Å². The summed E-state index contributed by atoms with van der Waals surface area (Å²) >= 11 is 0. The molecule has 0 radical (unpaired) electrons. The number of rotatable bonds is 12. The van der Waals surface area contributed by atoms with Gasteiger partial charge < -0.3 is 57.8 Å². The van der Waals surface area contributed by atoms with E-state index in [1.165, 1.54) is 58.4 Å². The predicted molar refractivity (Wildman–Crippen MR) is 216 cm³/mol. The largest absolute Gasteiger partial charge is 0.467 e. The number of aliphatic hydroxyl groups excluding tert-OH is 1. The molecule has 4 aliphatic rings. The lowest BCUT2D eigenvalue weighted by atomic mass is 9.44. The van der Waals surface area contributed by atoms with Crippen LogP contribution in [0.15, 0.2) is 64.3 Å². The van der Waals surface area contributed by atoms with Gasteiger partial charge in [-0.3, -0.25) is 14.4 Å². The van der Waals surface area contributed by atoms with Crippen LogP contribution in [0.1, 0.15) is 97.3 Å². The maximum absolute atomic E-state index is 15.8. The van der Waals surface area contributed by atoms with Gasteiger partial charge in [-0.05, 0) is 70.0 Å². The monoisotopic (exact) mass is 883 g/mol. The van der Waals surface area contributed by atoms with E-state index in [1.54, 1.807) is 52.8 Å². The molecule has 18 heteroatoms. The summed E-state index contributed by atoms with van der Waals surface area (Å²) in [4.78, 5) is 83.6. The number of nitrogens with one attached hydrogen (secondary N) is 1. The molecule has 2 bridgehead atoms. The van der Waals surface area contributed by atoms with Gasteiger partial charge in [0.2, 0.25) is 0 Å². The van der Waals surface area contributed by atoms with Crippen LogP contribution >= 0.6 is 0 Å². The summed E-state index contributed by atoms with van der Waals surface area (Å²) in [5.41, 5.74) is -8.41. The summed E-state index contributed by atoms with van der Waals surface area (Å²) in [5.74, 6) is -6.15. The summed E-state index contributed by atoms with van der Waals surface area (Å²) in [6.45, 7) is 12.7. The van der Waals surface area contributed by atoms with Crippen LogP contribution in [0.25, 0.3) is 0 Å². The molecule has 1 amide bonds. The molecule has 3 fully saturated rings. The van der Waals surface area contributed by atoms with Crippen molar-refractivity contribution in [1.82, 2.24) is 5.32 Å². The zero-order valence-corrected chi connectivity index (χ0v) is 37.1. The average molecular weight is 884 g/mol. The Morgan fingerprint density at radius 2 is 1.65 bits per heavy atom. The first-order valence-corrected chi connectivity index (χ1v) is 20.7. The Balaban J connectivity index is 1.56. The number of ether oxygens (including phenoxy) is 8. The maximum Gasteiger partial charge on any atom is 0.408 e. The fourth-order valence-corrected chi connectivity index (χ4v) is 9.94. The number of carbonyl (C=O) groups excluding carboxylic acids is 6. The zero-order chi connectivity index (χ0) is 46.4. The van der Waals surface area contributed by atoms with Gasteiger partial charge in [0.1, 0.15) is 48.1 Å². The van der Waals surface area contributed by atoms with Gasteiger partial charge in [0, 0.05) is 39.2 Å². The quantitative estimate of drug-likeness (QED) is 0.118. The van der Waals surface area contributed by atoms with Crippen LogP contribution in [0.4, 0.5) is 4.79 Å². The third kappa shape index (κ3) is 8.50. The topological polar surface area (TPSA) is 242 Å². The van der Waals surface area contributed by atoms with Crippen molar-refractivity contribution in [2.24, 2.45) is 16.7 Å². The van der Waals surface area contributed by atoms with Crippen LogP contribution in [-0.4, -0.2) is 120 Å². The van der Waals surface area contributed by atoms with E-state index in [1.807, 2.05) is 0 Å². The van der Waals surface area contributed by atoms with E-state index >= 15 is 4.79 Å². The highest BCUT2D eigenvalue weighted by Crippen LogP contribution is 2.65. The number of alkyl carbamates (subject to hydrolysis) is 1. The van der Waals surface area contributed by atoms with Crippen LogP contribution in [-0.2, 0) is 57.1 Å². The minimum atomic E-state index is -2.39. The molecule has 63 heavy (non-hydrogen) atoms. The van der Waals surface area contributed by atoms with Crippen LogP contribution in [0.3, 0.4) is 0 Å². The summed E-state index contributed by atoms with van der Waals surface area (Å²) in [7, 11) is 1.38. The molecule has 2 saturated carbocycles. The first-order valence-electron chi connectivity index (χ1n) is 20.7. The van der Waals surface area contributed by atoms with Crippen molar-refractivity contribution in [2.75, 3.05) is 20.5 Å². The lowest BCUT2D eigenvalue weighted by molar-refractivity contribution is -0.351. The van der Waals surface area contributed by atoms with Gasteiger partial charge in [-0.1, -0.05) is 32.0 Å². The Morgan fingerprint density at radius 1 is 0.968 bits per heavy atom. The summed E-state index contributed by atoms with van der Waals surface area (Å²) < 4.78 is 53.0. The Kier molecular flexibility index (Phi) is 13.1. The molecule has 3 N–H and O–H groups in total. The number of aliphatic hydroxyl groups is 2. The van der Waals surface area contributed by atoms with Crippen molar-refractivity contribution in [1.29, 1.82) is 0 Å². The molecule has 3 aliphatic carbocycles. The summed E-state index contributed by atoms with van der Waals surface area (Å²) in [6, 6.07) is 9.24. The maximum atomic E-state index is 15.8. The number of methoxy groups -OCH3 is 1. The van der Waals surface area contributed by atoms with E-state index in [2.05, 4.69) is 5.32 Å². The first-order chi connectivity index (χ1) is 29.4. The summed E-state index contributed by atoms with van der Waals surface area (Å²) in [6.07, 6.45) is -9.65. The number of esters is 4. The van der Waals surface area contributed by atoms with Gasteiger partial charge in [0.25, 0.3) is 0 Å². The van der Waals surface area contributed by atoms with Gasteiger partial charge in [-0.25, -0.2) is 14.4 Å². The predicted octanol–water partition coefficient (Wildman–Crippen LogP) is 4.05. The van der Waals surface area contributed by atoms with E-state index in [0.717, 1.165) is 6.92 Å². The smallest absolute Gasteiger partial charge is 0.408 e. The highest BCUT2D eigenvalue weighted by Gasteiger charge is 2.78. The van der Waals surface area contributed by atoms with E-state index in [0.29, 0.717) is 0 Å². The van der Waals surface area contributed by atoms with Crippen molar-refractivity contribution in [3.05, 3.63) is 71.2 Å². The second kappa shape index (κ2) is 17.4. The zero-order valence-electron chi connectivity index (χ0n) is 37.1. The lowest BCUT2D eigenvalue weighted by Crippen LogP contribution is -2.82. The number of Topliss-reactive ketones (excluding diaryl/α,β-unsaturated/α-hetero) is 1. The molecular weight excluding hydrogens is 826 g/mol. The number of ketones is 1. The van der Waals surface area contributed by atoms with Gasteiger partial charge in [0.15, 0.2) is 23.6 Å². The fourth-order valence-electron chi connectivity index (χ4n) is 9.94. The molecule has 18 nitrogen and oxygen atoms in total. The minimum absolute atomic E-state index is 0.0117. The third-order valence-corrected chi connectivity index (χ3v) is 12.9. The van der Waals surface area contributed by atoms with Crippen molar-refractivity contribution >= 4 is 35.8 Å². The summed E-state index contributed by atoms with van der Waals surface area (Å²) in [5, 5.41) is 27.9. The minimum Gasteiger partial charge on any atom is -0.467 e. The van der Waals surface area contributed by atoms with Crippen molar-refractivity contribution in [2.45, 2.75) is 135 Å². The fraction of sp³-hybridized carbons (Fsp3) is 0.600. The Bertz CT molecular complexity index is 2110. The highest BCUT2D eigenvalue weighted by molar-refractivity contribution is 5.95. The molecule has 1 aromatic carbocycles. The number of benzene rings is 1. The molecule has 11 atom stereocenters. The molecule has 2 heterocycles. The number of carbonyl (C=O) groups is 6. The molecule has 0 spiro atoms. The van der Waals surface area contributed by atoms with Crippen molar-refractivity contribution in [3.8, 4) is 0 Å². The molecular formula is C45H57NO17. The van der Waals surface area contributed by atoms with Crippen LogP contribution in [0, 0.1) is 16.7 Å². The number of fused-ring (bicyclic) bond motifs is 5. The van der Waals surface area contributed by atoms with Gasteiger partial charge in [-0.15, -0.1) is 0 Å². The number of hydrogen-bond acceptors (Lipinski definition) is 17. The van der Waals surface area contributed by atoms with Gasteiger partial charge in [-0.2, -0.15) is 0 Å². The Morgan fingerprint density at radius 3 is 2.21 bits per heavy atom. The van der Waals surface area contributed by atoms with Gasteiger partial charge >= 0.3 is 30.0 Å². The van der Waals surface area contributed by atoms with Crippen LogP contribution in [0.2, 0.25) is 0 Å². The second-order valence-corrected chi connectivity index (χ2v) is 18.3. The Hall–Kier alpha value is -5.14. The SMILES string of the molecule is COCO[C@H]1C[C@H]2OC[C@@]2(OC(C)=O)C2[C@H](OC(=O)c3ccccc3)[C@]3(O)C[C@H](OC(=O)[C@H](O)[C@@H](NC(=O)OC(C)(C)C)c4ccco4)C(C)=C([C@@H](OC(C)=O)C(=O)[C@@]21C)C3(C)C. The van der Waals surface area contributed by atoms with Crippen molar-refractivity contribution < 1.29 is 81.3 Å². The molecule has 344 valence electrons. The second-order valence-electron chi connectivity index (χ2n) is 18.3. The number of amides is 1. The standard InChI is InChI=1S/C45H57NO17/c1-23-28(60-39(52)33(49)32(27-17-14-18-56-27)46-40(53)63-41(4,5)6)20-45(54)37(61-38(51)26-15-12-11-13-16-26)35-43(9,36(50)34(59-24(2)47)31(23)42(45,7)8)29(58-22-55-10)19-30-44(35,21-57-30)62-25(3)48/h11-18,28-30,32-35,37,49,54H,19-22H2,1-10H3,(H,46,53)/t28-,29-,30+,32-,33+,34+,35?,37-,43+,44-,45+/m0/s1. The van der Waals surface area contributed by atoms with Crippen LogP contribution < -0.4 is 5.32 Å². The molecule has 2 aromatic rings. The third-order valence-electron chi connectivity index (χ3n) is 12.9. The lowest BCUT2D eigenvalue weighted by Gasteiger charge is -2.67. The molecule has 1 saturated heterocycles. The van der Waals surface area contributed by atoms with Crippen molar-refractivity contribution in [3.63, 3.8) is 0 Å². The molecule has 6 rings (SSSR count). The van der Waals surface area contributed by atoms with Gasteiger partial charge in [0.05, 0.1) is 35.9 Å². The van der Waals surface area contributed by atoms with E-state index in [-0.39, 0.29) is 42.3 Å². The molecule has 1 unspecified atom stereocenters. The highest BCUT2D eigenvalue weighted by atomic mass is 16.7. The normalized spacial score (nSPS) is 31.9. The first kappa shape index (κ1) is 47.3. The number of hydrogen-bond donors (Lipinski definition) is 3. The van der Waals surface area contributed by atoms with E-state index in [4.69, 9.17) is 42.3 Å². The van der Waals surface area contributed by atoms with E-state index in [9.17, 15) is 34.2 Å². The van der Waals surface area contributed by atoms with E-state index < -0.39 is 118 Å². The number of furan rings is 1. The average Bonchev–Trinajstić information content (AvgIpc) is 3.73. The Labute approximate surface area is 364 Å². The molecule has 1 aliphatic heterocycles.